The van der Waals surface area contributed by atoms with Crippen molar-refractivity contribution in [3.05, 3.63) is 46.6 Å². The summed E-state index contributed by atoms with van der Waals surface area (Å²) in [5, 5.41) is 6.94. The molecular weight excluding hydrogens is 318 g/mol. The van der Waals surface area contributed by atoms with Gasteiger partial charge in [0.05, 0.1) is 16.2 Å². The molecular formula is C15H16BrN3O. The van der Waals surface area contributed by atoms with Crippen molar-refractivity contribution in [2.75, 3.05) is 4.90 Å². The number of benzene rings is 1. The number of nitrogens with zero attached hydrogens (tertiary/aromatic N) is 2. The summed E-state index contributed by atoms with van der Waals surface area (Å²) >= 11 is 3.46. The van der Waals surface area contributed by atoms with Crippen LogP contribution in [0.4, 0.5) is 5.82 Å². The zero-order chi connectivity index (χ0) is 14.0. The Morgan fingerprint density at radius 2 is 1.95 bits per heavy atom. The Hall–Kier alpha value is -1.62. The number of H-pyrrole nitrogens is 1. The summed E-state index contributed by atoms with van der Waals surface area (Å²) in [6.45, 7) is 0. The molecule has 0 radical (unpaired) electrons. The normalized spacial score (nSPS) is 17.1. The summed E-state index contributed by atoms with van der Waals surface area (Å²) in [6.07, 6.45) is 6.80. The number of carbonyl (C=O) groups is 1. The van der Waals surface area contributed by atoms with Crippen LogP contribution in [0, 0.1) is 0 Å². The Labute approximate surface area is 126 Å². The van der Waals surface area contributed by atoms with Gasteiger partial charge in [-0.05, 0) is 34.3 Å². The van der Waals surface area contributed by atoms with Crippen LogP contribution in [-0.4, -0.2) is 16.6 Å². The Balaban J connectivity index is 2.10. The average molecular weight is 334 g/mol. The van der Waals surface area contributed by atoms with E-state index in [1.165, 1.54) is 5.56 Å². The number of halogens is 1. The van der Waals surface area contributed by atoms with Gasteiger partial charge in [-0.2, -0.15) is 5.10 Å². The molecule has 5 heteroatoms. The lowest BCUT2D eigenvalue weighted by molar-refractivity contribution is -0.108. The van der Waals surface area contributed by atoms with Crippen LogP contribution in [0.15, 0.2) is 41.0 Å². The Kier molecular flexibility index (Phi) is 3.61. The van der Waals surface area contributed by atoms with Crippen LogP contribution in [0.5, 0.6) is 0 Å². The van der Waals surface area contributed by atoms with Crippen LogP contribution in [-0.2, 0) is 10.3 Å². The lowest BCUT2D eigenvalue weighted by atomic mass is 9.86. The molecule has 1 saturated carbocycles. The molecule has 1 aliphatic carbocycles. The van der Waals surface area contributed by atoms with E-state index in [9.17, 15) is 4.79 Å². The third-order valence-electron chi connectivity index (χ3n) is 4.12. The van der Waals surface area contributed by atoms with Crippen molar-refractivity contribution in [3.63, 3.8) is 0 Å². The Morgan fingerprint density at radius 3 is 2.50 bits per heavy atom. The van der Waals surface area contributed by atoms with Crippen molar-refractivity contribution in [1.82, 2.24) is 10.2 Å². The van der Waals surface area contributed by atoms with E-state index in [4.69, 9.17) is 0 Å². The van der Waals surface area contributed by atoms with Crippen LogP contribution in [0.1, 0.15) is 31.2 Å². The van der Waals surface area contributed by atoms with Crippen molar-refractivity contribution in [3.8, 4) is 0 Å². The minimum Gasteiger partial charge on any atom is -0.288 e. The molecule has 1 heterocycles. The first-order valence-electron chi connectivity index (χ1n) is 6.77. The molecule has 0 unspecified atom stereocenters. The van der Waals surface area contributed by atoms with Crippen LogP contribution < -0.4 is 4.90 Å². The molecule has 1 aromatic heterocycles. The highest BCUT2D eigenvalue weighted by atomic mass is 79.9. The molecule has 0 bridgehead atoms. The fourth-order valence-corrected chi connectivity index (χ4v) is 3.56. The summed E-state index contributed by atoms with van der Waals surface area (Å²) in [5.74, 6) is 0.728. The standard InChI is InChI=1S/C15H16BrN3O/c16-13-10-17-18-14(13)19(11-20)15(8-4-5-9-15)12-6-2-1-3-7-12/h1-3,6-7,10-11H,4-5,8-9H2,(H,17,18). The number of hydrogen-bond donors (Lipinski definition) is 1. The monoisotopic (exact) mass is 333 g/mol. The van der Waals surface area contributed by atoms with Gasteiger partial charge in [-0.25, -0.2) is 0 Å². The number of amides is 1. The van der Waals surface area contributed by atoms with E-state index >= 15 is 0 Å². The van der Waals surface area contributed by atoms with Crippen molar-refractivity contribution >= 4 is 28.2 Å². The summed E-state index contributed by atoms with van der Waals surface area (Å²) in [7, 11) is 0. The van der Waals surface area contributed by atoms with Crippen molar-refractivity contribution in [2.24, 2.45) is 0 Å². The second-order valence-corrected chi connectivity index (χ2v) is 6.00. The van der Waals surface area contributed by atoms with Gasteiger partial charge in [0.25, 0.3) is 0 Å². The summed E-state index contributed by atoms with van der Waals surface area (Å²) in [6, 6.07) is 10.3. The van der Waals surface area contributed by atoms with Crippen molar-refractivity contribution in [2.45, 2.75) is 31.2 Å². The average Bonchev–Trinajstić information content (AvgIpc) is 3.12. The fraction of sp³-hybridized carbons (Fsp3) is 0.333. The Morgan fingerprint density at radius 1 is 1.25 bits per heavy atom. The molecule has 1 aliphatic rings. The molecule has 104 valence electrons. The molecule has 0 saturated heterocycles. The molecule has 1 amide bonds. The maximum absolute atomic E-state index is 11.8. The number of aromatic amines is 1. The van der Waals surface area contributed by atoms with Gasteiger partial charge < -0.3 is 0 Å². The molecule has 1 N–H and O–H groups in total. The molecule has 1 aromatic carbocycles. The molecule has 1 fully saturated rings. The molecule has 4 nitrogen and oxygen atoms in total. The number of anilines is 1. The summed E-state index contributed by atoms with van der Waals surface area (Å²) in [4.78, 5) is 13.6. The third kappa shape index (κ3) is 2.06. The molecule has 20 heavy (non-hydrogen) atoms. The molecule has 0 spiro atoms. The number of aromatic nitrogens is 2. The maximum Gasteiger partial charge on any atom is 0.216 e. The van der Waals surface area contributed by atoms with E-state index in [0.717, 1.165) is 42.4 Å². The molecule has 3 rings (SSSR count). The van der Waals surface area contributed by atoms with Gasteiger partial charge in [-0.15, -0.1) is 0 Å². The first-order valence-corrected chi connectivity index (χ1v) is 7.56. The van der Waals surface area contributed by atoms with Gasteiger partial charge in [0, 0.05) is 0 Å². The van der Waals surface area contributed by atoms with Crippen molar-refractivity contribution < 1.29 is 4.79 Å². The fourth-order valence-electron chi connectivity index (χ4n) is 3.18. The van der Waals surface area contributed by atoms with E-state index in [1.807, 2.05) is 18.2 Å². The topological polar surface area (TPSA) is 49.0 Å². The van der Waals surface area contributed by atoms with Gasteiger partial charge in [0.15, 0.2) is 0 Å². The first-order chi connectivity index (χ1) is 9.78. The second kappa shape index (κ2) is 5.40. The minimum absolute atomic E-state index is 0.266. The third-order valence-corrected chi connectivity index (χ3v) is 4.70. The van der Waals surface area contributed by atoms with Gasteiger partial charge in [0.2, 0.25) is 6.41 Å². The second-order valence-electron chi connectivity index (χ2n) is 5.15. The zero-order valence-corrected chi connectivity index (χ0v) is 12.6. The van der Waals surface area contributed by atoms with E-state index in [1.54, 1.807) is 11.1 Å². The van der Waals surface area contributed by atoms with E-state index in [0.29, 0.717) is 0 Å². The lowest BCUT2D eigenvalue weighted by Crippen LogP contribution is -2.44. The van der Waals surface area contributed by atoms with Gasteiger partial charge in [-0.1, -0.05) is 43.2 Å². The summed E-state index contributed by atoms with van der Waals surface area (Å²) in [5.41, 5.74) is 0.920. The van der Waals surface area contributed by atoms with Crippen molar-refractivity contribution in [1.29, 1.82) is 0 Å². The summed E-state index contributed by atoms with van der Waals surface area (Å²) < 4.78 is 0.812. The van der Waals surface area contributed by atoms with Gasteiger partial charge in [-0.3, -0.25) is 14.8 Å². The lowest BCUT2D eigenvalue weighted by Gasteiger charge is -2.38. The number of hydrogen-bond acceptors (Lipinski definition) is 2. The molecule has 0 aliphatic heterocycles. The highest BCUT2D eigenvalue weighted by Gasteiger charge is 2.42. The SMILES string of the molecule is O=CN(c1[nH]ncc1Br)C1(c2ccccc2)CCCC1. The maximum atomic E-state index is 11.8. The number of nitrogens with one attached hydrogen (secondary N) is 1. The van der Waals surface area contributed by atoms with Crippen LogP contribution >= 0.6 is 15.9 Å². The predicted octanol–water partition coefficient (Wildman–Crippen LogP) is 3.60. The smallest absolute Gasteiger partial charge is 0.216 e. The number of rotatable bonds is 4. The van der Waals surface area contributed by atoms with Gasteiger partial charge in [0.1, 0.15) is 5.82 Å². The van der Waals surface area contributed by atoms with E-state index in [-0.39, 0.29) is 5.54 Å². The first kappa shape index (κ1) is 13.4. The largest absolute Gasteiger partial charge is 0.288 e. The molecule has 2 aromatic rings. The highest BCUT2D eigenvalue weighted by molar-refractivity contribution is 9.10. The van der Waals surface area contributed by atoms with Gasteiger partial charge >= 0.3 is 0 Å². The van der Waals surface area contributed by atoms with Crippen LogP contribution in [0.25, 0.3) is 0 Å². The highest BCUT2D eigenvalue weighted by Crippen LogP contribution is 2.45. The van der Waals surface area contributed by atoms with Crippen LogP contribution in [0.3, 0.4) is 0 Å². The quantitative estimate of drug-likeness (QED) is 0.869. The van der Waals surface area contributed by atoms with E-state index in [2.05, 4.69) is 38.3 Å². The Bertz CT molecular complexity index is 590. The van der Waals surface area contributed by atoms with Crippen LogP contribution in [0.2, 0.25) is 0 Å². The minimum atomic E-state index is -0.266. The predicted molar refractivity (Wildman–Crippen MR) is 81.4 cm³/mol. The molecule has 0 atom stereocenters. The number of carbonyl (C=O) groups excluding carboxylic acids is 1. The zero-order valence-electron chi connectivity index (χ0n) is 11.1. The van der Waals surface area contributed by atoms with E-state index < -0.39 is 0 Å².